The van der Waals surface area contributed by atoms with Crippen LogP contribution in [0.2, 0.25) is 0 Å². The molecule has 0 spiro atoms. The second-order valence-electron chi connectivity index (χ2n) is 6.90. The van der Waals surface area contributed by atoms with Crippen LogP contribution in [0.5, 0.6) is 0 Å². The van der Waals surface area contributed by atoms with E-state index < -0.39 is 0 Å². The molecule has 0 aliphatic heterocycles. The van der Waals surface area contributed by atoms with Crippen LogP contribution in [0.15, 0.2) is 43.0 Å². The molecule has 3 aromatic rings. The number of benzene rings is 1. The summed E-state index contributed by atoms with van der Waals surface area (Å²) < 4.78 is 1.73. The minimum atomic E-state index is -0.225. The zero-order chi connectivity index (χ0) is 18.8. The Labute approximate surface area is 156 Å². The number of hydrogen-bond acceptors (Lipinski definition) is 5. The number of hydrogen-bond donors (Lipinski definition) is 2. The maximum Gasteiger partial charge on any atom is 0.270 e. The van der Waals surface area contributed by atoms with Gasteiger partial charge in [-0.05, 0) is 37.8 Å². The van der Waals surface area contributed by atoms with Crippen LogP contribution in [0.4, 0.5) is 0 Å². The first-order chi connectivity index (χ1) is 13.2. The second kappa shape index (κ2) is 7.17. The van der Waals surface area contributed by atoms with E-state index in [1.807, 2.05) is 12.1 Å². The molecule has 0 bridgehead atoms. The van der Waals surface area contributed by atoms with E-state index in [9.17, 15) is 10.1 Å². The van der Waals surface area contributed by atoms with Crippen LogP contribution in [0.1, 0.15) is 41.7 Å². The Balaban J connectivity index is 1.76. The first-order valence-electron chi connectivity index (χ1n) is 9.04. The minimum absolute atomic E-state index is 0.102. The fourth-order valence-electron chi connectivity index (χ4n) is 3.58. The molecule has 0 radical (unpaired) electrons. The van der Waals surface area contributed by atoms with E-state index in [2.05, 4.69) is 21.4 Å². The number of pyridine rings is 1. The average Bonchev–Trinajstić information content (AvgIpc) is 3.23. The number of nitriles is 1. The van der Waals surface area contributed by atoms with Gasteiger partial charge in [0.05, 0.1) is 11.6 Å². The molecule has 1 aromatic carbocycles. The van der Waals surface area contributed by atoms with Crippen molar-refractivity contribution in [2.24, 2.45) is 5.73 Å². The molecule has 7 nitrogen and oxygen atoms in total. The predicted octanol–water partition coefficient (Wildman–Crippen LogP) is 2.29. The summed E-state index contributed by atoms with van der Waals surface area (Å²) >= 11 is 0. The lowest BCUT2D eigenvalue weighted by Gasteiger charge is -2.26. The number of nitrogens with one attached hydrogen (secondary N) is 1. The van der Waals surface area contributed by atoms with Gasteiger partial charge in [-0.1, -0.05) is 12.1 Å². The fourth-order valence-corrected chi connectivity index (χ4v) is 3.58. The summed E-state index contributed by atoms with van der Waals surface area (Å²) in [5, 5.41) is 13.9. The highest BCUT2D eigenvalue weighted by molar-refractivity contribution is 6.07. The van der Waals surface area contributed by atoms with Gasteiger partial charge in [-0.25, -0.2) is 9.97 Å². The summed E-state index contributed by atoms with van der Waals surface area (Å²) in [6.07, 6.45) is 8.58. The average molecular weight is 360 g/mol. The van der Waals surface area contributed by atoms with Crippen molar-refractivity contribution in [3.05, 3.63) is 54.2 Å². The number of amides is 1. The highest BCUT2D eigenvalue weighted by Crippen LogP contribution is 2.25. The monoisotopic (exact) mass is 360 g/mol. The van der Waals surface area contributed by atoms with Crippen LogP contribution in [0.3, 0.4) is 0 Å². The van der Waals surface area contributed by atoms with Crippen molar-refractivity contribution in [3.8, 4) is 11.9 Å². The van der Waals surface area contributed by atoms with Gasteiger partial charge in [-0.15, -0.1) is 0 Å². The molecule has 3 N–H and O–H groups in total. The number of carbonyl (C=O) groups is 1. The lowest BCUT2D eigenvalue weighted by Crippen LogP contribution is -2.40. The van der Waals surface area contributed by atoms with Gasteiger partial charge >= 0.3 is 0 Å². The van der Waals surface area contributed by atoms with Gasteiger partial charge in [-0.3, -0.25) is 9.36 Å². The Bertz CT molecular complexity index is 1010. The molecular formula is C20H20N6O. The second-order valence-corrected chi connectivity index (χ2v) is 6.90. The van der Waals surface area contributed by atoms with Gasteiger partial charge in [0.2, 0.25) is 0 Å². The molecule has 4 rings (SSSR count). The maximum absolute atomic E-state index is 13.0. The standard InChI is InChI=1S/C20H20N6O/c21-11-13-2-1-3-16-17(13)10-18(26-9-8-23-12-26)25-19(16)20(27)24-15-6-4-14(22)5-7-15/h1-3,8-10,12,14-15H,4-7,22H2,(H,24,27)/t14-,15-. The van der Waals surface area contributed by atoms with Crippen molar-refractivity contribution in [3.63, 3.8) is 0 Å². The summed E-state index contributed by atoms with van der Waals surface area (Å²) in [5.41, 5.74) is 6.79. The third-order valence-electron chi connectivity index (χ3n) is 5.07. The molecule has 2 heterocycles. The summed E-state index contributed by atoms with van der Waals surface area (Å²) in [6, 6.07) is 9.67. The lowest BCUT2D eigenvalue weighted by atomic mass is 9.91. The molecule has 2 aromatic heterocycles. The maximum atomic E-state index is 13.0. The van der Waals surface area contributed by atoms with E-state index in [1.165, 1.54) is 0 Å². The number of nitrogens with zero attached hydrogens (tertiary/aromatic N) is 4. The molecule has 1 fully saturated rings. The van der Waals surface area contributed by atoms with E-state index in [-0.39, 0.29) is 18.0 Å². The normalized spacial score (nSPS) is 19.6. The van der Waals surface area contributed by atoms with Crippen molar-refractivity contribution in [2.45, 2.75) is 37.8 Å². The van der Waals surface area contributed by atoms with Crippen LogP contribution in [0, 0.1) is 11.3 Å². The van der Waals surface area contributed by atoms with Gasteiger partial charge in [-0.2, -0.15) is 5.26 Å². The Morgan fingerprint density at radius 1 is 1.26 bits per heavy atom. The number of nitrogens with two attached hydrogens (primary N) is 1. The van der Waals surface area contributed by atoms with Crippen molar-refractivity contribution in [1.29, 1.82) is 5.26 Å². The van der Waals surface area contributed by atoms with Crippen molar-refractivity contribution in [2.75, 3.05) is 0 Å². The summed E-state index contributed by atoms with van der Waals surface area (Å²) in [6.45, 7) is 0. The predicted molar refractivity (Wildman–Crippen MR) is 101 cm³/mol. The van der Waals surface area contributed by atoms with Crippen molar-refractivity contribution < 1.29 is 4.79 Å². The van der Waals surface area contributed by atoms with Crippen molar-refractivity contribution >= 4 is 16.7 Å². The van der Waals surface area contributed by atoms with E-state index in [4.69, 9.17) is 5.73 Å². The summed E-state index contributed by atoms with van der Waals surface area (Å²) in [5.74, 6) is 0.330. The number of fused-ring (bicyclic) bond motifs is 1. The molecule has 1 amide bonds. The number of carbonyl (C=O) groups excluding carboxylic acids is 1. The molecule has 27 heavy (non-hydrogen) atoms. The largest absolute Gasteiger partial charge is 0.348 e. The van der Waals surface area contributed by atoms with Gasteiger partial charge in [0.25, 0.3) is 5.91 Å². The van der Waals surface area contributed by atoms with Crippen LogP contribution in [-0.2, 0) is 0 Å². The first kappa shape index (κ1) is 17.2. The van der Waals surface area contributed by atoms with E-state index in [0.717, 1.165) is 25.7 Å². The molecule has 0 atom stereocenters. The Morgan fingerprint density at radius 2 is 2.07 bits per heavy atom. The SMILES string of the molecule is N#Cc1cccc2c(C(=O)N[C@H]3CC[C@H](N)CC3)nc(-n3ccnc3)cc12. The number of rotatable bonds is 3. The van der Waals surface area contributed by atoms with E-state index in [1.54, 1.807) is 35.4 Å². The smallest absolute Gasteiger partial charge is 0.270 e. The number of imidazole rings is 1. The van der Waals surface area contributed by atoms with Crippen molar-refractivity contribution in [1.82, 2.24) is 19.9 Å². The molecule has 0 unspecified atom stereocenters. The van der Waals surface area contributed by atoms with Crippen LogP contribution < -0.4 is 11.1 Å². The lowest BCUT2D eigenvalue weighted by molar-refractivity contribution is 0.0922. The fraction of sp³-hybridized carbons (Fsp3) is 0.300. The van der Waals surface area contributed by atoms with Crippen LogP contribution in [0.25, 0.3) is 16.6 Å². The Morgan fingerprint density at radius 3 is 2.78 bits per heavy atom. The van der Waals surface area contributed by atoms with E-state index in [0.29, 0.717) is 27.8 Å². The van der Waals surface area contributed by atoms with E-state index >= 15 is 0 Å². The summed E-state index contributed by atoms with van der Waals surface area (Å²) in [7, 11) is 0. The Hall–Kier alpha value is -3.24. The van der Waals surface area contributed by atoms with Gasteiger partial charge < -0.3 is 11.1 Å². The van der Waals surface area contributed by atoms with Gasteiger partial charge in [0.1, 0.15) is 17.8 Å². The molecule has 7 heteroatoms. The zero-order valence-corrected chi connectivity index (χ0v) is 14.8. The molecule has 1 aliphatic carbocycles. The Kier molecular flexibility index (Phi) is 4.57. The third-order valence-corrected chi connectivity index (χ3v) is 5.07. The number of aromatic nitrogens is 3. The minimum Gasteiger partial charge on any atom is -0.348 e. The van der Waals surface area contributed by atoms with Gasteiger partial charge in [0, 0.05) is 35.2 Å². The third kappa shape index (κ3) is 3.39. The molecule has 136 valence electrons. The first-order valence-corrected chi connectivity index (χ1v) is 9.04. The highest BCUT2D eigenvalue weighted by Gasteiger charge is 2.23. The topological polar surface area (TPSA) is 110 Å². The van der Waals surface area contributed by atoms with Gasteiger partial charge in [0.15, 0.2) is 0 Å². The molecule has 1 saturated carbocycles. The quantitative estimate of drug-likeness (QED) is 0.745. The molecule has 0 saturated heterocycles. The summed E-state index contributed by atoms with van der Waals surface area (Å²) in [4.78, 5) is 21.6. The van der Waals surface area contributed by atoms with Crippen LogP contribution >= 0.6 is 0 Å². The molecular weight excluding hydrogens is 340 g/mol. The van der Waals surface area contributed by atoms with Crippen LogP contribution in [-0.4, -0.2) is 32.5 Å². The molecule has 1 aliphatic rings. The highest BCUT2D eigenvalue weighted by atomic mass is 16.1. The zero-order valence-electron chi connectivity index (χ0n) is 14.8.